The summed E-state index contributed by atoms with van der Waals surface area (Å²) in [6.07, 6.45) is 0.616. The van der Waals surface area contributed by atoms with Crippen LogP contribution in [0.4, 0.5) is 0 Å². The molecule has 122 valence electrons. The molecule has 0 bridgehead atoms. The van der Waals surface area contributed by atoms with Crippen molar-refractivity contribution in [3.8, 4) is 11.6 Å². The van der Waals surface area contributed by atoms with Crippen LogP contribution >= 0.6 is 0 Å². The lowest BCUT2D eigenvalue weighted by Crippen LogP contribution is -2.34. The third-order valence-electron chi connectivity index (χ3n) is 3.57. The van der Waals surface area contributed by atoms with E-state index in [1.807, 2.05) is 0 Å². The van der Waals surface area contributed by atoms with Crippen LogP contribution in [-0.2, 0) is 4.74 Å². The van der Waals surface area contributed by atoms with Gasteiger partial charge in [0, 0.05) is 11.6 Å². The van der Waals surface area contributed by atoms with Crippen molar-refractivity contribution < 1.29 is 24.1 Å². The molecule has 2 aromatic rings. The normalized spacial score (nSPS) is 20.6. The number of nitrogens with two attached hydrogens (primary N) is 1. The number of aliphatic hydroxyl groups excluding tert-OH is 1. The number of pyridine rings is 1. The zero-order valence-corrected chi connectivity index (χ0v) is 12.5. The molecule has 3 rings (SSSR count). The van der Waals surface area contributed by atoms with Gasteiger partial charge in [-0.1, -0.05) is 0 Å². The van der Waals surface area contributed by atoms with E-state index < -0.39 is 12.3 Å². The molecule has 1 aromatic heterocycles. The second-order valence-corrected chi connectivity index (χ2v) is 5.11. The van der Waals surface area contributed by atoms with Crippen molar-refractivity contribution in [2.45, 2.75) is 12.5 Å². The first kappa shape index (κ1) is 15.5. The molecule has 2 atom stereocenters. The number of aliphatic hydroxyl groups is 1. The van der Waals surface area contributed by atoms with Crippen molar-refractivity contribution in [3.63, 3.8) is 0 Å². The van der Waals surface area contributed by atoms with Crippen molar-refractivity contribution in [1.29, 1.82) is 0 Å². The molecule has 23 heavy (non-hydrogen) atoms. The van der Waals surface area contributed by atoms with E-state index >= 15 is 0 Å². The Morgan fingerprint density at radius 1 is 1.57 bits per heavy atom. The minimum atomic E-state index is -0.970. The zero-order chi connectivity index (χ0) is 16.4. The molecule has 4 N–H and O–H groups in total. The van der Waals surface area contributed by atoms with Crippen LogP contribution in [0.1, 0.15) is 10.4 Å². The van der Waals surface area contributed by atoms with Crippen molar-refractivity contribution in [2.24, 2.45) is 5.73 Å². The number of aromatic nitrogens is 1. The van der Waals surface area contributed by atoms with Crippen LogP contribution in [0.25, 0.3) is 10.8 Å². The average molecular weight is 319 g/mol. The Kier molecular flexibility index (Phi) is 4.28. The van der Waals surface area contributed by atoms with Gasteiger partial charge in [0.2, 0.25) is 12.3 Å². The maximum atomic E-state index is 11.5. The lowest BCUT2D eigenvalue weighted by molar-refractivity contribution is -0.0719. The largest absolute Gasteiger partial charge is 0.496 e. The number of carbonyl (C=O) groups excluding carboxylic acids is 1. The van der Waals surface area contributed by atoms with Gasteiger partial charge in [-0.15, -0.1) is 0 Å². The molecular formula is C15H17N3O5. The summed E-state index contributed by atoms with van der Waals surface area (Å²) in [7, 11) is 1.46. The number of rotatable bonds is 5. The van der Waals surface area contributed by atoms with Gasteiger partial charge in [-0.05, 0) is 23.6 Å². The zero-order valence-electron chi connectivity index (χ0n) is 12.5. The van der Waals surface area contributed by atoms with E-state index in [0.29, 0.717) is 29.2 Å². The fourth-order valence-corrected chi connectivity index (χ4v) is 2.43. The lowest BCUT2D eigenvalue weighted by Gasteiger charge is -2.13. The van der Waals surface area contributed by atoms with Gasteiger partial charge in [-0.25, -0.2) is 4.98 Å². The van der Waals surface area contributed by atoms with Crippen LogP contribution in [0, 0.1) is 0 Å². The van der Waals surface area contributed by atoms with Crippen molar-refractivity contribution in [3.05, 3.63) is 30.0 Å². The van der Waals surface area contributed by atoms with Crippen LogP contribution in [-0.4, -0.2) is 48.8 Å². The number of carbonyl (C=O) groups is 1. The highest BCUT2D eigenvalue weighted by atomic mass is 16.6. The summed E-state index contributed by atoms with van der Waals surface area (Å²) >= 11 is 0. The maximum absolute atomic E-state index is 11.5. The molecule has 1 saturated heterocycles. The van der Waals surface area contributed by atoms with Gasteiger partial charge in [0.1, 0.15) is 12.4 Å². The summed E-state index contributed by atoms with van der Waals surface area (Å²) in [5.74, 6) is 0.199. The molecular weight excluding hydrogens is 302 g/mol. The smallest absolute Gasteiger partial charge is 0.252 e. The number of hydrogen-bond acceptors (Lipinski definition) is 7. The van der Waals surface area contributed by atoms with Gasteiger partial charge in [0.05, 0.1) is 25.3 Å². The molecule has 1 amide bonds. The monoisotopic (exact) mass is 319 g/mol. The summed E-state index contributed by atoms with van der Waals surface area (Å²) in [6.45, 7) is 0.629. The fraction of sp³-hybridized carbons (Fsp3) is 0.333. The summed E-state index contributed by atoms with van der Waals surface area (Å²) in [5.41, 5.74) is 5.66. The second-order valence-electron chi connectivity index (χ2n) is 5.11. The molecule has 2 heterocycles. The van der Waals surface area contributed by atoms with Gasteiger partial charge < -0.3 is 25.1 Å². The number of primary amides is 1. The van der Waals surface area contributed by atoms with E-state index in [9.17, 15) is 9.90 Å². The van der Waals surface area contributed by atoms with Gasteiger partial charge in [-0.3, -0.25) is 10.1 Å². The van der Waals surface area contributed by atoms with Crippen LogP contribution in [0.3, 0.4) is 0 Å². The Bertz CT molecular complexity index is 736. The molecule has 0 radical (unpaired) electrons. The predicted octanol–water partition coefficient (Wildman–Crippen LogP) is -0.0146. The molecule has 8 nitrogen and oxygen atoms in total. The van der Waals surface area contributed by atoms with E-state index in [-0.39, 0.29) is 12.6 Å². The first-order chi connectivity index (χ1) is 11.1. The maximum Gasteiger partial charge on any atom is 0.252 e. The van der Waals surface area contributed by atoms with E-state index in [1.54, 1.807) is 24.4 Å². The van der Waals surface area contributed by atoms with E-state index in [1.165, 1.54) is 7.11 Å². The number of benzene rings is 1. The predicted molar refractivity (Wildman–Crippen MR) is 81.2 cm³/mol. The number of amides is 1. The molecule has 0 aliphatic carbocycles. The summed E-state index contributed by atoms with van der Waals surface area (Å²) < 4.78 is 15.9. The topological polar surface area (TPSA) is 116 Å². The van der Waals surface area contributed by atoms with Crippen LogP contribution in [0.5, 0.6) is 11.6 Å². The van der Waals surface area contributed by atoms with Crippen LogP contribution in [0.2, 0.25) is 0 Å². The van der Waals surface area contributed by atoms with Crippen molar-refractivity contribution >= 4 is 16.7 Å². The highest BCUT2D eigenvalue weighted by Crippen LogP contribution is 2.30. The number of nitrogens with zero attached hydrogens (tertiary/aromatic N) is 1. The number of methoxy groups -OCH3 is 1. The molecule has 0 spiro atoms. The van der Waals surface area contributed by atoms with Crippen molar-refractivity contribution in [2.75, 3.05) is 20.3 Å². The molecule has 1 unspecified atom stereocenters. The molecule has 8 heteroatoms. The third-order valence-corrected chi connectivity index (χ3v) is 3.57. The van der Waals surface area contributed by atoms with Crippen LogP contribution < -0.4 is 20.5 Å². The fourth-order valence-electron chi connectivity index (χ4n) is 2.43. The lowest BCUT2D eigenvalue weighted by atomic mass is 10.1. The average Bonchev–Trinajstić information content (AvgIpc) is 2.96. The molecule has 1 aromatic carbocycles. The SMILES string of the molecule is COc1cc2c(OC[C@H]3COC(O)N3)nccc2cc1C(N)=O. The molecule has 1 aliphatic heterocycles. The highest BCUT2D eigenvalue weighted by molar-refractivity contribution is 6.01. The van der Waals surface area contributed by atoms with E-state index in [2.05, 4.69) is 10.3 Å². The minimum absolute atomic E-state index is 0.131. The highest BCUT2D eigenvalue weighted by Gasteiger charge is 2.23. The first-order valence-electron chi connectivity index (χ1n) is 7.03. The summed E-state index contributed by atoms with van der Waals surface area (Å²) in [6, 6.07) is 4.94. The minimum Gasteiger partial charge on any atom is -0.496 e. The molecule has 0 saturated carbocycles. The second kappa shape index (κ2) is 6.37. The first-order valence-corrected chi connectivity index (χ1v) is 7.03. The standard InChI is InChI=1S/C15H17N3O5/c1-21-12-5-10-8(4-11(12)13(16)19)2-3-17-14(10)22-6-9-7-23-15(20)18-9/h2-5,9,15,18,20H,6-7H2,1H3,(H2,16,19)/t9-,15?/m0/s1. The van der Waals surface area contributed by atoms with Crippen molar-refractivity contribution in [1.82, 2.24) is 10.3 Å². The summed E-state index contributed by atoms with van der Waals surface area (Å²) in [4.78, 5) is 15.7. The molecule has 1 aliphatic rings. The third kappa shape index (κ3) is 3.19. The van der Waals surface area contributed by atoms with Gasteiger partial charge in [-0.2, -0.15) is 0 Å². The Morgan fingerprint density at radius 2 is 2.39 bits per heavy atom. The number of nitrogens with one attached hydrogen (secondary N) is 1. The number of ether oxygens (including phenoxy) is 3. The number of fused-ring (bicyclic) bond motifs is 1. The van der Waals surface area contributed by atoms with Gasteiger partial charge in [0.25, 0.3) is 5.91 Å². The van der Waals surface area contributed by atoms with E-state index in [0.717, 1.165) is 5.39 Å². The Hall–Kier alpha value is -2.42. The van der Waals surface area contributed by atoms with Gasteiger partial charge >= 0.3 is 0 Å². The summed E-state index contributed by atoms with van der Waals surface area (Å²) in [5, 5.41) is 13.5. The van der Waals surface area contributed by atoms with Crippen LogP contribution in [0.15, 0.2) is 24.4 Å². The Labute approximate surface area is 132 Å². The molecule has 1 fully saturated rings. The quantitative estimate of drug-likeness (QED) is 0.709. The Morgan fingerprint density at radius 3 is 3.04 bits per heavy atom. The van der Waals surface area contributed by atoms with Gasteiger partial charge in [0.15, 0.2) is 0 Å². The Balaban J connectivity index is 1.89. The van der Waals surface area contributed by atoms with E-state index in [4.69, 9.17) is 19.9 Å². The number of hydrogen-bond donors (Lipinski definition) is 3.